The van der Waals surface area contributed by atoms with Crippen molar-refractivity contribution in [3.8, 4) is 0 Å². The summed E-state index contributed by atoms with van der Waals surface area (Å²) in [6.45, 7) is 0.856. The van der Waals surface area contributed by atoms with Crippen LogP contribution < -0.4 is 5.32 Å². The van der Waals surface area contributed by atoms with Crippen LogP contribution in [0.5, 0.6) is 0 Å². The van der Waals surface area contributed by atoms with E-state index in [0.717, 1.165) is 5.56 Å². The van der Waals surface area contributed by atoms with Gasteiger partial charge in [0.1, 0.15) is 11.6 Å². The lowest BCUT2D eigenvalue weighted by Crippen LogP contribution is -2.01. The summed E-state index contributed by atoms with van der Waals surface area (Å²) in [5.74, 6) is 0.427. The lowest BCUT2D eigenvalue weighted by Gasteiger charge is -2.04. The average molecular weight is 417 g/mol. The molecule has 0 atom stereocenters. The number of hydrogen-bond acceptors (Lipinski definition) is 8. The topological polar surface area (TPSA) is 117 Å². The number of nitro groups is 1. The normalized spacial score (nSPS) is 10.9. The summed E-state index contributed by atoms with van der Waals surface area (Å²) in [6.07, 6.45) is 3.37. The van der Waals surface area contributed by atoms with Gasteiger partial charge >= 0.3 is 5.82 Å². The van der Waals surface area contributed by atoms with Gasteiger partial charge < -0.3 is 15.4 Å². The third kappa shape index (κ3) is 4.15. The average Bonchev–Trinajstić information content (AvgIpc) is 3.40. The Hall–Kier alpha value is -3.31. The van der Waals surface area contributed by atoms with E-state index in [9.17, 15) is 10.1 Å². The minimum absolute atomic E-state index is 0.202. The summed E-state index contributed by atoms with van der Waals surface area (Å²) >= 11 is 7.50. The Bertz CT molecular complexity index is 1120. The van der Waals surface area contributed by atoms with E-state index in [1.54, 1.807) is 4.68 Å². The molecule has 0 aliphatic carbocycles. The van der Waals surface area contributed by atoms with Gasteiger partial charge in [-0.05, 0) is 16.6 Å². The first-order valence-corrected chi connectivity index (χ1v) is 9.30. The number of nitrogens with one attached hydrogen (secondary N) is 1. The van der Waals surface area contributed by atoms with Crippen LogP contribution in [0.1, 0.15) is 10.6 Å². The fourth-order valence-electron chi connectivity index (χ4n) is 2.47. The van der Waals surface area contributed by atoms with E-state index in [1.165, 1.54) is 28.3 Å². The first-order valence-electron chi connectivity index (χ1n) is 8.11. The molecule has 0 saturated heterocycles. The molecule has 0 fully saturated rings. The van der Waals surface area contributed by atoms with Crippen LogP contribution in [0, 0.1) is 10.1 Å². The van der Waals surface area contributed by atoms with Crippen molar-refractivity contribution >= 4 is 39.7 Å². The van der Waals surface area contributed by atoms with Gasteiger partial charge in [-0.2, -0.15) is 9.78 Å². The number of nitrogens with zero attached hydrogens (tertiary/aromatic N) is 7. The highest BCUT2D eigenvalue weighted by molar-refractivity contribution is 7.15. The number of hydrogen-bond donors (Lipinski definition) is 1. The molecule has 0 radical (unpaired) electrons. The molecule has 1 aromatic carbocycles. The number of halogens is 1. The van der Waals surface area contributed by atoms with Gasteiger partial charge in [0.2, 0.25) is 5.13 Å². The predicted octanol–water partition coefficient (Wildman–Crippen LogP) is 3.33. The van der Waals surface area contributed by atoms with Crippen LogP contribution in [-0.4, -0.2) is 34.7 Å². The van der Waals surface area contributed by atoms with E-state index in [4.69, 9.17) is 11.6 Å². The highest BCUT2D eigenvalue weighted by Crippen LogP contribution is 2.21. The van der Waals surface area contributed by atoms with Crippen molar-refractivity contribution in [1.29, 1.82) is 0 Å². The fourth-order valence-corrected chi connectivity index (χ4v) is 3.40. The van der Waals surface area contributed by atoms with Crippen LogP contribution in [0.4, 0.5) is 16.8 Å². The fraction of sp³-hybridized carbons (Fsp3) is 0.125. The number of rotatable bonds is 7. The van der Waals surface area contributed by atoms with Crippen molar-refractivity contribution < 1.29 is 4.92 Å². The molecule has 0 aliphatic heterocycles. The van der Waals surface area contributed by atoms with Gasteiger partial charge in [-0.3, -0.25) is 4.68 Å². The first kappa shape index (κ1) is 18.1. The summed E-state index contributed by atoms with van der Waals surface area (Å²) in [7, 11) is 0. The largest absolute Gasteiger partial charge is 0.389 e. The van der Waals surface area contributed by atoms with Crippen LogP contribution in [-0.2, 0) is 13.1 Å². The first-order chi connectivity index (χ1) is 13.6. The Morgan fingerprint density at radius 2 is 1.86 bits per heavy atom. The Kier molecular flexibility index (Phi) is 5.00. The summed E-state index contributed by atoms with van der Waals surface area (Å²) in [6, 6.07) is 10.8. The highest BCUT2D eigenvalue weighted by atomic mass is 35.5. The van der Waals surface area contributed by atoms with Crippen molar-refractivity contribution in [2.75, 3.05) is 5.32 Å². The van der Waals surface area contributed by atoms with Crippen LogP contribution in [0.15, 0.2) is 48.8 Å². The molecule has 0 spiro atoms. The maximum Gasteiger partial charge on any atom is 0.389 e. The van der Waals surface area contributed by atoms with Crippen LogP contribution in [0.25, 0.3) is 0 Å². The molecule has 1 N–H and O–H groups in total. The molecule has 4 rings (SSSR count). The second-order valence-corrected chi connectivity index (χ2v) is 7.21. The molecular weight excluding hydrogens is 404 g/mol. The van der Waals surface area contributed by atoms with Gasteiger partial charge in [0.05, 0.1) is 23.9 Å². The van der Waals surface area contributed by atoms with Crippen LogP contribution >= 0.6 is 22.9 Å². The molecule has 0 saturated carbocycles. The summed E-state index contributed by atoms with van der Waals surface area (Å²) in [5.41, 5.74) is 0.977. The molecule has 3 heterocycles. The van der Waals surface area contributed by atoms with E-state index in [1.807, 2.05) is 36.5 Å². The Balaban J connectivity index is 1.39. The number of aromatic nitrogens is 6. The van der Waals surface area contributed by atoms with Gasteiger partial charge in [0.15, 0.2) is 5.82 Å². The zero-order valence-corrected chi connectivity index (χ0v) is 15.8. The predicted molar refractivity (Wildman–Crippen MR) is 104 cm³/mol. The molecule has 0 aliphatic rings. The number of anilines is 2. The van der Waals surface area contributed by atoms with E-state index in [-0.39, 0.29) is 5.82 Å². The second-order valence-electron chi connectivity index (χ2n) is 5.74. The van der Waals surface area contributed by atoms with Crippen molar-refractivity contribution in [3.05, 3.63) is 74.5 Å². The van der Waals surface area contributed by atoms with E-state index >= 15 is 0 Å². The van der Waals surface area contributed by atoms with Crippen molar-refractivity contribution in [2.24, 2.45) is 0 Å². The van der Waals surface area contributed by atoms with Gasteiger partial charge in [0, 0.05) is 17.3 Å². The zero-order valence-electron chi connectivity index (χ0n) is 14.3. The third-order valence-corrected chi connectivity index (χ3v) is 4.94. The summed E-state index contributed by atoms with van der Waals surface area (Å²) in [4.78, 5) is 10.1. The Morgan fingerprint density at radius 1 is 1.07 bits per heavy atom. The number of benzene rings is 1. The summed E-state index contributed by atoms with van der Waals surface area (Å²) in [5, 5.41) is 32.2. The van der Waals surface area contributed by atoms with Gasteiger partial charge in [-0.1, -0.05) is 41.1 Å². The van der Waals surface area contributed by atoms with Crippen molar-refractivity contribution in [3.63, 3.8) is 0 Å². The molecule has 4 aromatic rings. The second kappa shape index (κ2) is 7.74. The molecular formula is C16H13ClN8O2S. The zero-order chi connectivity index (χ0) is 19.5. The van der Waals surface area contributed by atoms with Crippen LogP contribution in [0.2, 0.25) is 5.02 Å². The molecule has 12 heteroatoms. The molecule has 0 amide bonds. The highest BCUT2D eigenvalue weighted by Gasteiger charge is 2.13. The monoisotopic (exact) mass is 416 g/mol. The van der Waals surface area contributed by atoms with Gasteiger partial charge in [-0.25, -0.2) is 0 Å². The van der Waals surface area contributed by atoms with Crippen molar-refractivity contribution in [2.45, 2.75) is 13.1 Å². The molecule has 28 heavy (non-hydrogen) atoms. The van der Waals surface area contributed by atoms with Crippen molar-refractivity contribution in [1.82, 2.24) is 29.8 Å². The maximum absolute atomic E-state index is 10.7. The van der Waals surface area contributed by atoms with Gasteiger partial charge in [0.25, 0.3) is 0 Å². The molecule has 0 bridgehead atoms. The minimum atomic E-state index is -0.539. The molecule has 10 nitrogen and oxygen atoms in total. The molecule has 3 aromatic heterocycles. The van der Waals surface area contributed by atoms with Crippen LogP contribution in [0.3, 0.4) is 0 Å². The maximum atomic E-state index is 10.7. The minimum Gasteiger partial charge on any atom is -0.358 e. The smallest absolute Gasteiger partial charge is 0.358 e. The van der Waals surface area contributed by atoms with E-state index in [2.05, 4.69) is 25.7 Å². The standard InChI is InChI=1S/C16H13ClN8O2S/c17-12-4-2-1-3-11(12)9-23-7-5-13(21-23)18-16-20-19-15(28-16)10-24-8-6-14(22-24)25(26)27/h1-8H,9-10H2,(H,18,20,21). The van der Waals surface area contributed by atoms with E-state index < -0.39 is 4.92 Å². The van der Waals surface area contributed by atoms with E-state index in [0.29, 0.717) is 34.1 Å². The Labute approximate surface area is 167 Å². The van der Waals surface area contributed by atoms with Gasteiger partial charge in [-0.15, -0.1) is 10.2 Å². The lowest BCUT2D eigenvalue weighted by molar-refractivity contribution is -0.389. The SMILES string of the molecule is O=[N+]([O-])c1ccn(Cc2nnc(Nc3ccn(Cc4ccccc4Cl)n3)s2)n1. The Morgan fingerprint density at radius 3 is 2.64 bits per heavy atom. The lowest BCUT2D eigenvalue weighted by atomic mass is 10.2. The molecule has 142 valence electrons. The third-order valence-electron chi connectivity index (χ3n) is 3.74. The molecule has 0 unspecified atom stereocenters. The summed E-state index contributed by atoms with van der Waals surface area (Å²) < 4.78 is 3.22. The quantitative estimate of drug-likeness (QED) is 0.362.